The van der Waals surface area contributed by atoms with E-state index in [1.807, 2.05) is 36.9 Å². The van der Waals surface area contributed by atoms with Gasteiger partial charge in [-0.2, -0.15) is 0 Å². The van der Waals surface area contributed by atoms with Crippen LogP contribution in [0.1, 0.15) is 51.5 Å². The largest absolute Gasteiger partial charge is 0.486 e. The number of amides is 2. The van der Waals surface area contributed by atoms with Crippen molar-refractivity contribution in [3.8, 4) is 5.75 Å². The van der Waals surface area contributed by atoms with Gasteiger partial charge in [-0.1, -0.05) is 13.0 Å². The van der Waals surface area contributed by atoms with E-state index >= 15 is 0 Å². The zero-order valence-corrected chi connectivity index (χ0v) is 17.2. The summed E-state index contributed by atoms with van der Waals surface area (Å²) in [4.78, 5) is 26.6. The summed E-state index contributed by atoms with van der Waals surface area (Å²) in [5, 5.41) is 3.11. The molecule has 3 rings (SSSR count). The lowest BCUT2D eigenvalue weighted by Gasteiger charge is -2.35. The maximum atomic E-state index is 12.9. The summed E-state index contributed by atoms with van der Waals surface area (Å²) < 4.78 is 11.1. The van der Waals surface area contributed by atoms with Crippen LogP contribution in [-0.2, 0) is 9.53 Å². The highest BCUT2D eigenvalue weighted by Crippen LogP contribution is 2.35. The molecule has 1 fully saturated rings. The van der Waals surface area contributed by atoms with Crippen molar-refractivity contribution in [2.75, 3.05) is 24.6 Å². The summed E-state index contributed by atoms with van der Waals surface area (Å²) in [6.07, 6.45) is 4.45. The maximum Gasteiger partial charge on any atom is 0.322 e. The molecule has 6 heteroatoms. The lowest BCUT2D eigenvalue weighted by atomic mass is 9.82. The predicted octanol–water partition coefficient (Wildman–Crippen LogP) is 4.05. The van der Waals surface area contributed by atoms with Crippen LogP contribution in [0.2, 0.25) is 0 Å². The van der Waals surface area contributed by atoms with Crippen molar-refractivity contribution >= 4 is 17.7 Å². The van der Waals surface area contributed by atoms with Crippen LogP contribution in [0.15, 0.2) is 18.2 Å². The Hall–Kier alpha value is -2.24. The number of rotatable bonds is 5. The number of nitrogens with zero attached hydrogens (tertiary/aromatic N) is 1. The number of urea groups is 1. The Bertz CT molecular complexity index is 698. The number of aryl methyl sites for hydroxylation is 1. The summed E-state index contributed by atoms with van der Waals surface area (Å²) >= 11 is 0. The quantitative estimate of drug-likeness (QED) is 0.773. The molecule has 1 unspecified atom stereocenters. The third kappa shape index (κ3) is 4.78. The molecule has 0 radical (unpaired) electrons. The SMILES string of the molecule is CCOC(=O)C1CCC(CNC(=O)N2CC(CC)Oc3ccc(C)cc32)CC1. The molecule has 2 aliphatic rings. The number of esters is 1. The van der Waals surface area contributed by atoms with E-state index in [0.717, 1.165) is 49.1 Å². The first kappa shape index (κ1) is 20.5. The topological polar surface area (TPSA) is 67.9 Å². The van der Waals surface area contributed by atoms with E-state index in [-0.39, 0.29) is 24.0 Å². The summed E-state index contributed by atoms with van der Waals surface area (Å²) in [6.45, 7) is 7.58. The van der Waals surface area contributed by atoms with Gasteiger partial charge < -0.3 is 14.8 Å². The number of ether oxygens (including phenoxy) is 2. The molecule has 1 saturated carbocycles. The number of fused-ring (bicyclic) bond motifs is 1. The predicted molar refractivity (Wildman–Crippen MR) is 109 cm³/mol. The zero-order chi connectivity index (χ0) is 20.1. The number of hydrogen-bond acceptors (Lipinski definition) is 4. The first-order chi connectivity index (χ1) is 13.5. The molecule has 1 aromatic rings. The van der Waals surface area contributed by atoms with Crippen LogP contribution in [0, 0.1) is 18.8 Å². The van der Waals surface area contributed by atoms with Gasteiger partial charge in [-0.3, -0.25) is 9.69 Å². The minimum Gasteiger partial charge on any atom is -0.486 e. The maximum absolute atomic E-state index is 12.9. The number of carbonyl (C=O) groups excluding carboxylic acids is 2. The third-order valence-corrected chi connectivity index (χ3v) is 5.79. The average molecular weight is 389 g/mol. The zero-order valence-electron chi connectivity index (χ0n) is 17.2. The molecule has 1 aliphatic carbocycles. The fourth-order valence-corrected chi connectivity index (χ4v) is 4.05. The highest BCUT2D eigenvalue weighted by Gasteiger charge is 2.31. The highest BCUT2D eigenvalue weighted by atomic mass is 16.5. The van der Waals surface area contributed by atoms with Crippen LogP contribution < -0.4 is 15.0 Å². The number of carbonyl (C=O) groups is 2. The van der Waals surface area contributed by atoms with E-state index in [2.05, 4.69) is 12.2 Å². The molecule has 2 amide bonds. The van der Waals surface area contributed by atoms with Gasteiger partial charge in [-0.25, -0.2) is 4.79 Å². The van der Waals surface area contributed by atoms with Crippen molar-refractivity contribution in [2.24, 2.45) is 11.8 Å². The van der Waals surface area contributed by atoms with Gasteiger partial charge in [0.2, 0.25) is 0 Å². The second-order valence-corrected chi connectivity index (χ2v) is 7.89. The van der Waals surface area contributed by atoms with Crippen LogP contribution in [0.25, 0.3) is 0 Å². The van der Waals surface area contributed by atoms with E-state index in [1.54, 1.807) is 0 Å². The molecule has 0 saturated heterocycles. The molecule has 1 aromatic carbocycles. The molecule has 1 aliphatic heterocycles. The van der Waals surface area contributed by atoms with Gasteiger partial charge in [0.1, 0.15) is 11.9 Å². The highest BCUT2D eigenvalue weighted by molar-refractivity contribution is 5.94. The standard InChI is InChI=1S/C22H32N2O4/c1-4-18-14-24(19-12-15(3)6-11-20(19)28-18)22(26)23-13-16-7-9-17(10-8-16)21(25)27-5-2/h6,11-12,16-18H,4-5,7-10,13-14H2,1-3H3,(H,23,26). The van der Waals surface area contributed by atoms with Crippen LogP contribution in [0.4, 0.5) is 10.5 Å². The van der Waals surface area contributed by atoms with Gasteiger partial charge >= 0.3 is 12.0 Å². The average Bonchev–Trinajstić information content (AvgIpc) is 2.71. The van der Waals surface area contributed by atoms with Gasteiger partial charge in [-0.15, -0.1) is 0 Å². The van der Waals surface area contributed by atoms with Crippen molar-refractivity contribution in [3.63, 3.8) is 0 Å². The van der Waals surface area contributed by atoms with Crippen LogP contribution >= 0.6 is 0 Å². The van der Waals surface area contributed by atoms with Gasteiger partial charge in [0.25, 0.3) is 0 Å². The van der Waals surface area contributed by atoms with E-state index in [0.29, 0.717) is 25.6 Å². The van der Waals surface area contributed by atoms with E-state index in [9.17, 15) is 9.59 Å². The summed E-state index contributed by atoms with van der Waals surface area (Å²) in [7, 11) is 0. The third-order valence-electron chi connectivity index (χ3n) is 5.79. The molecule has 0 spiro atoms. The van der Waals surface area contributed by atoms with Crippen molar-refractivity contribution in [1.82, 2.24) is 5.32 Å². The summed E-state index contributed by atoms with van der Waals surface area (Å²) in [5.41, 5.74) is 1.95. The molecule has 28 heavy (non-hydrogen) atoms. The summed E-state index contributed by atoms with van der Waals surface area (Å²) in [6, 6.07) is 5.89. The van der Waals surface area contributed by atoms with Gasteiger partial charge in [0, 0.05) is 6.54 Å². The molecule has 0 bridgehead atoms. The molecular formula is C22H32N2O4. The van der Waals surface area contributed by atoms with Crippen LogP contribution in [-0.4, -0.2) is 37.8 Å². The number of anilines is 1. The van der Waals surface area contributed by atoms with E-state index < -0.39 is 0 Å². The minimum absolute atomic E-state index is 0.0148. The second kappa shape index (κ2) is 9.30. The van der Waals surface area contributed by atoms with Crippen LogP contribution in [0.5, 0.6) is 5.75 Å². The number of hydrogen-bond donors (Lipinski definition) is 1. The molecule has 0 aromatic heterocycles. The van der Waals surface area contributed by atoms with Crippen molar-refractivity contribution in [1.29, 1.82) is 0 Å². The van der Waals surface area contributed by atoms with Crippen molar-refractivity contribution in [2.45, 2.75) is 59.0 Å². The second-order valence-electron chi connectivity index (χ2n) is 7.89. The minimum atomic E-state index is -0.0733. The van der Waals surface area contributed by atoms with E-state index in [4.69, 9.17) is 9.47 Å². The van der Waals surface area contributed by atoms with Crippen LogP contribution in [0.3, 0.4) is 0 Å². The smallest absolute Gasteiger partial charge is 0.322 e. The molecule has 1 heterocycles. The molecule has 154 valence electrons. The van der Waals surface area contributed by atoms with Crippen molar-refractivity contribution < 1.29 is 19.1 Å². The van der Waals surface area contributed by atoms with Crippen molar-refractivity contribution in [3.05, 3.63) is 23.8 Å². The lowest BCUT2D eigenvalue weighted by Crippen LogP contribution is -2.49. The Morgan fingerprint density at radius 1 is 1.21 bits per heavy atom. The fraction of sp³-hybridized carbons (Fsp3) is 0.636. The number of nitrogens with one attached hydrogen (secondary N) is 1. The Balaban J connectivity index is 1.55. The normalized spacial score (nSPS) is 24.1. The fourth-order valence-electron chi connectivity index (χ4n) is 4.05. The van der Waals surface area contributed by atoms with Gasteiger partial charge in [-0.05, 0) is 69.6 Å². The Morgan fingerprint density at radius 2 is 1.96 bits per heavy atom. The molecule has 6 nitrogen and oxygen atoms in total. The first-order valence-corrected chi connectivity index (χ1v) is 10.5. The molecular weight excluding hydrogens is 356 g/mol. The van der Waals surface area contributed by atoms with Gasteiger partial charge in [0.15, 0.2) is 0 Å². The number of benzene rings is 1. The Kier molecular flexibility index (Phi) is 6.81. The Morgan fingerprint density at radius 3 is 2.64 bits per heavy atom. The van der Waals surface area contributed by atoms with Gasteiger partial charge in [0.05, 0.1) is 24.8 Å². The first-order valence-electron chi connectivity index (χ1n) is 10.5. The lowest BCUT2D eigenvalue weighted by molar-refractivity contribution is -0.149. The summed E-state index contributed by atoms with van der Waals surface area (Å²) in [5.74, 6) is 1.13. The molecule has 1 N–H and O–H groups in total. The molecule has 1 atom stereocenters. The Labute approximate surface area is 167 Å². The van der Waals surface area contributed by atoms with E-state index in [1.165, 1.54) is 0 Å². The monoisotopic (exact) mass is 388 g/mol.